The van der Waals surface area contributed by atoms with Crippen LogP contribution in [0, 0.1) is 5.82 Å². The van der Waals surface area contributed by atoms with Crippen molar-refractivity contribution in [2.45, 2.75) is 36.6 Å². The van der Waals surface area contributed by atoms with Crippen molar-refractivity contribution >= 4 is 26.7 Å². The Bertz CT molecular complexity index is 1090. The highest BCUT2D eigenvalue weighted by molar-refractivity contribution is 7.93. The minimum Gasteiger partial charge on any atom is -0.493 e. The zero-order chi connectivity index (χ0) is 22.4. The van der Waals surface area contributed by atoms with Crippen LogP contribution in [0.3, 0.4) is 0 Å². The molecule has 32 heavy (non-hydrogen) atoms. The maximum absolute atomic E-state index is 14.7. The lowest BCUT2D eigenvalue weighted by molar-refractivity contribution is 0.118. The smallest absolute Gasteiger partial charge is 0.266 e. The third-order valence-electron chi connectivity index (χ3n) is 5.44. The fourth-order valence-electron chi connectivity index (χ4n) is 3.96. The number of sulfonamides is 1. The molecule has 7 nitrogen and oxygen atoms in total. The van der Waals surface area contributed by atoms with Crippen molar-refractivity contribution < 1.29 is 19.0 Å². The molecule has 1 N–H and O–H groups in total. The number of anilines is 1. The quantitative estimate of drug-likeness (QED) is 0.584. The summed E-state index contributed by atoms with van der Waals surface area (Å²) >= 11 is 0.887. The number of benzene rings is 2. The molecule has 0 radical (unpaired) electrons. The van der Waals surface area contributed by atoms with Crippen molar-refractivity contribution in [2.24, 2.45) is 0 Å². The van der Waals surface area contributed by atoms with Crippen LogP contribution in [0.2, 0.25) is 0 Å². The highest BCUT2D eigenvalue weighted by atomic mass is 32.2. The summed E-state index contributed by atoms with van der Waals surface area (Å²) in [5.74, 6) is -0.348. The van der Waals surface area contributed by atoms with Crippen molar-refractivity contribution in [3.63, 3.8) is 0 Å². The van der Waals surface area contributed by atoms with Crippen LogP contribution in [0.5, 0.6) is 5.75 Å². The van der Waals surface area contributed by atoms with Gasteiger partial charge in [0, 0.05) is 37.1 Å². The topological polar surface area (TPSA) is 84.4 Å². The molecule has 0 bridgehead atoms. The lowest BCUT2D eigenvalue weighted by atomic mass is 9.96. The largest absolute Gasteiger partial charge is 0.493 e. The number of hydrogen-bond acceptors (Lipinski definition) is 7. The highest BCUT2D eigenvalue weighted by Gasteiger charge is 2.31. The van der Waals surface area contributed by atoms with Gasteiger partial charge in [-0.3, -0.25) is 9.62 Å². The molecule has 2 aliphatic heterocycles. The molecular weight excluding hydrogens is 451 g/mol. The van der Waals surface area contributed by atoms with Crippen LogP contribution in [0.4, 0.5) is 9.52 Å². The van der Waals surface area contributed by atoms with Crippen LogP contribution in [0.1, 0.15) is 38.7 Å². The zero-order valence-electron chi connectivity index (χ0n) is 17.5. The molecular formula is C22H27FN4O3S2. The van der Waals surface area contributed by atoms with Crippen molar-refractivity contribution in [3.05, 3.63) is 66.2 Å². The molecule has 2 aliphatic rings. The van der Waals surface area contributed by atoms with Gasteiger partial charge >= 0.3 is 0 Å². The van der Waals surface area contributed by atoms with E-state index in [0.29, 0.717) is 12.4 Å². The van der Waals surface area contributed by atoms with Gasteiger partial charge < -0.3 is 4.74 Å². The minimum atomic E-state index is -4.10. The Balaban J connectivity index is 0.000000382. The minimum absolute atomic E-state index is 0. The van der Waals surface area contributed by atoms with E-state index in [1.807, 2.05) is 36.4 Å². The molecule has 5 rings (SSSR count). The number of nitrogens with one attached hydrogen (secondary N) is 1. The highest BCUT2D eigenvalue weighted by Crippen LogP contribution is 2.39. The van der Waals surface area contributed by atoms with Crippen LogP contribution in [-0.4, -0.2) is 42.4 Å². The van der Waals surface area contributed by atoms with Gasteiger partial charge in [-0.05, 0) is 32.0 Å². The van der Waals surface area contributed by atoms with E-state index < -0.39 is 20.7 Å². The summed E-state index contributed by atoms with van der Waals surface area (Å²) < 4.78 is 51.4. The summed E-state index contributed by atoms with van der Waals surface area (Å²) in [5, 5.41) is 0.0919. The van der Waals surface area contributed by atoms with Gasteiger partial charge in [0.15, 0.2) is 0 Å². The third kappa shape index (κ3) is 5.43. The molecule has 172 valence electrons. The number of halogens is 1. The Kier molecular flexibility index (Phi) is 7.33. The first kappa shape index (κ1) is 22.6. The van der Waals surface area contributed by atoms with Gasteiger partial charge in [-0.1, -0.05) is 42.8 Å². The second-order valence-electron chi connectivity index (χ2n) is 7.58. The fraction of sp³-hybridized carbons (Fsp3) is 0.364. The van der Waals surface area contributed by atoms with Crippen molar-refractivity contribution in [2.75, 3.05) is 24.4 Å². The molecule has 0 saturated carbocycles. The summed E-state index contributed by atoms with van der Waals surface area (Å²) in [6.45, 7) is 2.44. The van der Waals surface area contributed by atoms with Crippen LogP contribution in [0.15, 0.2) is 59.8 Å². The second-order valence-corrected chi connectivity index (χ2v) is 10.0. The van der Waals surface area contributed by atoms with E-state index in [4.69, 9.17) is 4.74 Å². The van der Waals surface area contributed by atoms with Crippen LogP contribution in [0.25, 0.3) is 0 Å². The molecule has 1 fully saturated rings. The first-order valence-electron chi connectivity index (χ1n) is 10.5. The van der Waals surface area contributed by atoms with Gasteiger partial charge in [-0.15, -0.1) is 0 Å². The van der Waals surface area contributed by atoms with Crippen molar-refractivity contribution in [1.29, 1.82) is 0 Å². The summed E-state index contributed by atoms with van der Waals surface area (Å²) in [4.78, 5) is 5.68. The Hall–Kier alpha value is -2.56. The lowest BCUT2D eigenvalue weighted by Crippen LogP contribution is -2.36. The SMILES string of the molecule is O=S(=O)(Nc1ncns1)c1cc2c(cc1F)[C@H](N1CCCCC1)CCO2.[HH].c1ccccc1. The Morgan fingerprint density at radius 3 is 2.41 bits per heavy atom. The zero-order valence-corrected chi connectivity index (χ0v) is 19.1. The molecule has 3 aromatic rings. The van der Waals surface area contributed by atoms with Gasteiger partial charge in [0.1, 0.15) is 22.8 Å². The molecule has 1 saturated heterocycles. The van der Waals surface area contributed by atoms with Gasteiger partial charge in [0.05, 0.1) is 6.61 Å². The van der Waals surface area contributed by atoms with Gasteiger partial charge in [0.25, 0.3) is 10.0 Å². The molecule has 2 aromatic carbocycles. The average Bonchev–Trinajstić information content (AvgIpc) is 3.33. The van der Waals surface area contributed by atoms with Gasteiger partial charge in [-0.25, -0.2) is 17.8 Å². The van der Waals surface area contributed by atoms with Gasteiger partial charge in [-0.2, -0.15) is 4.37 Å². The number of nitrogens with zero attached hydrogens (tertiary/aromatic N) is 3. The predicted molar refractivity (Wildman–Crippen MR) is 124 cm³/mol. The second kappa shape index (κ2) is 10.4. The first-order chi connectivity index (χ1) is 15.5. The molecule has 0 aliphatic carbocycles. The van der Waals surface area contributed by atoms with E-state index in [2.05, 4.69) is 19.0 Å². The number of rotatable bonds is 4. The van der Waals surface area contributed by atoms with E-state index in [9.17, 15) is 12.8 Å². The molecule has 10 heteroatoms. The monoisotopic (exact) mass is 478 g/mol. The molecule has 3 heterocycles. The Labute approximate surface area is 193 Å². The van der Waals surface area contributed by atoms with E-state index >= 15 is 0 Å². The lowest BCUT2D eigenvalue weighted by Gasteiger charge is -2.38. The Morgan fingerprint density at radius 2 is 1.78 bits per heavy atom. The van der Waals surface area contributed by atoms with Crippen molar-refractivity contribution in [1.82, 2.24) is 14.3 Å². The summed E-state index contributed by atoms with van der Waals surface area (Å²) in [7, 11) is -4.10. The number of ether oxygens (including phenoxy) is 1. The van der Waals surface area contributed by atoms with E-state index in [1.165, 1.54) is 24.9 Å². The van der Waals surface area contributed by atoms with Crippen molar-refractivity contribution in [3.8, 4) is 5.75 Å². The molecule has 0 spiro atoms. The fourth-order valence-corrected chi connectivity index (χ4v) is 5.70. The summed E-state index contributed by atoms with van der Waals surface area (Å²) in [6.07, 6.45) is 5.50. The number of hydrogen-bond donors (Lipinski definition) is 1. The van der Waals surface area contributed by atoms with E-state index in [-0.39, 0.29) is 12.6 Å². The molecule has 1 aromatic heterocycles. The van der Waals surface area contributed by atoms with Gasteiger partial charge in [0.2, 0.25) is 5.13 Å². The number of aromatic nitrogens is 2. The normalized spacial score (nSPS) is 18.6. The van der Waals surface area contributed by atoms with Crippen LogP contribution >= 0.6 is 11.5 Å². The van der Waals surface area contributed by atoms with Crippen LogP contribution < -0.4 is 9.46 Å². The number of likely N-dealkylation sites (tertiary alicyclic amines) is 1. The average molecular weight is 479 g/mol. The van der Waals surface area contributed by atoms with E-state index in [1.54, 1.807) is 0 Å². The summed E-state index contributed by atoms with van der Waals surface area (Å²) in [6, 6.07) is 14.7. The third-order valence-corrected chi connectivity index (χ3v) is 7.51. The Morgan fingerprint density at radius 1 is 1.09 bits per heavy atom. The number of piperidine rings is 1. The molecule has 1 atom stereocenters. The first-order valence-corrected chi connectivity index (χ1v) is 12.8. The number of fused-ring (bicyclic) bond motifs is 1. The molecule has 0 amide bonds. The maximum atomic E-state index is 14.7. The molecule has 0 unspecified atom stereocenters. The standard InChI is InChI=1S/C16H19FN4O3S2.C6H6.H2/c17-12-8-11-13(21-5-2-1-3-6-21)4-7-24-14(11)9-15(12)26(22,23)20-16-18-10-19-25-16;1-2-4-6-5-3-1;/h8-10,13H,1-7H2,(H,18,19,20);1-6H;1H/t13-;;/m1../s1. The van der Waals surface area contributed by atoms with E-state index in [0.717, 1.165) is 49.4 Å². The predicted octanol–water partition coefficient (Wildman–Crippen LogP) is 4.72. The maximum Gasteiger partial charge on any atom is 0.266 e. The summed E-state index contributed by atoms with van der Waals surface area (Å²) in [5.41, 5.74) is 0.727. The van der Waals surface area contributed by atoms with Crippen LogP contribution in [-0.2, 0) is 10.0 Å².